The van der Waals surface area contributed by atoms with E-state index >= 15 is 0 Å². The highest BCUT2D eigenvalue weighted by atomic mass is 35.5. The summed E-state index contributed by atoms with van der Waals surface area (Å²) in [6.07, 6.45) is 0. The van der Waals surface area contributed by atoms with Crippen LogP contribution in [0, 0.1) is 13.8 Å². The summed E-state index contributed by atoms with van der Waals surface area (Å²) in [4.78, 5) is 12.6. The van der Waals surface area contributed by atoms with Crippen molar-refractivity contribution in [2.75, 3.05) is 5.73 Å². The Kier molecular flexibility index (Phi) is 3.83. The summed E-state index contributed by atoms with van der Waals surface area (Å²) in [5.41, 5.74) is 8.79. The number of hydrogen-bond donors (Lipinski definition) is 1. The van der Waals surface area contributed by atoms with Crippen molar-refractivity contribution < 1.29 is 4.79 Å². The fourth-order valence-corrected chi connectivity index (χ4v) is 2.43. The predicted molar refractivity (Wildman–Crippen MR) is 80.2 cm³/mol. The van der Waals surface area contributed by atoms with Crippen molar-refractivity contribution in [2.24, 2.45) is 0 Å². The van der Waals surface area contributed by atoms with E-state index in [1.54, 1.807) is 30.3 Å². The molecule has 2 aromatic carbocycles. The van der Waals surface area contributed by atoms with E-state index in [0.717, 1.165) is 11.1 Å². The molecule has 0 amide bonds. The van der Waals surface area contributed by atoms with Crippen LogP contribution in [-0.2, 0) is 0 Å². The zero-order valence-electron chi connectivity index (χ0n) is 10.6. The van der Waals surface area contributed by atoms with Gasteiger partial charge in [0.2, 0.25) is 0 Å². The third-order valence-electron chi connectivity index (χ3n) is 3.02. The minimum Gasteiger partial charge on any atom is -0.398 e. The molecule has 4 heteroatoms. The number of carbonyl (C=O) groups excluding carboxylic acids is 1. The van der Waals surface area contributed by atoms with E-state index in [9.17, 15) is 4.79 Å². The molecule has 0 aromatic heterocycles. The van der Waals surface area contributed by atoms with Gasteiger partial charge in [0.1, 0.15) is 0 Å². The first-order valence-corrected chi connectivity index (χ1v) is 6.53. The Bertz CT molecular complexity index is 645. The number of nitrogens with two attached hydrogens (primary N) is 1. The number of halogens is 2. The second-order valence-electron chi connectivity index (χ2n) is 4.45. The Balaban J connectivity index is 2.60. The van der Waals surface area contributed by atoms with Gasteiger partial charge in [0, 0.05) is 16.3 Å². The number of carbonyl (C=O) groups is 1. The lowest BCUT2D eigenvalue weighted by atomic mass is 9.96. The molecular formula is C15H13Cl2NO. The third kappa shape index (κ3) is 2.60. The van der Waals surface area contributed by atoms with Crippen LogP contribution >= 0.6 is 23.2 Å². The Labute approximate surface area is 122 Å². The van der Waals surface area contributed by atoms with Crippen molar-refractivity contribution >= 4 is 34.7 Å². The number of nitrogen functional groups attached to an aromatic ring is 1. The molecule has 0 heterocycles. The summed E-state index contributed by atoms with van der Waals surface area (Å²) in [6, 6.07) is 8.58. The van der Waals surface area contributed by atoms with Crippen LogP contribution in [0.2, 0.25) is 10.0 Å². The number of benzene rings is 2. The maximum Gasteiger partial charge on any atom is 0.196 e. The van der Waals surface area contributed by atoms with Gasteiger partial charge in [0.25, 0.3) is 0 Å². The van der Waals surface area contributed by atoms with Crippen LogP contribution in [0.5, 0.6) is 0 Å². The maximum atomic E-state index is 12.6. The van der Waals surface area contributed by atoms with E-state index in [2.05, 4.69) is 0 Å². The molecule has 2 rings (SSSR count). The Morgan fingerprint density at radius 1 is 1.05 bits per heavy atom. The van der Waals surface area contributed by atoms with E-state index in [-0.39, 0.29) is 5.78 Å². The van der Waals surface area contributed by atoms with Crippen LogP contribution in [0.3, 0.4) is 0 Å². The molecular weight excluding hydrogens is 281 g/mol. The third-order valence-corrected chi connectivity index (χ3v) is 3.75. The van der Waals surface area contributed by atoms with Gasteiger partial charge in [-0.15, -0.1) is 0 Å². The maximum absolute atomic E-state index is 12.6. The smallest absolute Gasteiger partial charge is 0.196 e. The molecule has 0 atom stereocenters. The first kappa shape index (κ1) is 13.9. The average molecular weight is 294 g/mol. The van der Waals surface area contributed by atoms with Gasteiger partial charge in [-0.2, -0.15) is 0 Å². The highest BCUT2D eigenvalue weighted by Gasteiger charge is 2.18. The van der Waals surface area contributed by atoms with Crippen molar-refractivity contribution in [2.45, 2.75) is 13.8 Å². The van der Waals surface area contributed by atoms with Crippen molar-refractivity contribution in [3.63, 3.8) is 0 Å². The predicted octanol–water partition coefficient (Wildman–Crippen LogP) is 4.42. The molecule has 0 fully saturated rings. The largest absolute Gasteiger partial charge is 0.398 e. The zero-order chi connectivity index (χ0) is 14.2. The van der Waals surface area contributed by atoms with E-state index in [0.29, 0.717) is 26.9 Å². The lowest BCUT2D eigenvalue weighted by Crippen LogP contribution is -2.08. The number of ketones is 1. The summed E-state index contributed by atoms with van der Waals surface area (Å²) < 4.78 is 0. The van der Waals surface area contributed by atoms with Gasteiger partial charge in [-0.3, -0.25) is 4.79 Å². The topological polar surface area (TPSA) is 43.1 Å². The minimum atomic E-state index is -0.180. The van der Waals surface area contributed by atoms with Crippen LogP contribution in [0.25, 0.3) is 0 Å². The minimum absolute atomic E-state index is 0.180. The molecule has 0 radical (unpaired) electrons. The number of anilines is 1. The summed E-state index contributed by atoms with van der Waals surface area (Å²) in [5, 5.41) is 0.998. The van der Waals surface area contributed by atoms with E-state index in [1.165, 1.54) is 0 Å². The molecule has 0 aliphatic carbocycles. The Morgan fingerprint density at radius 2 is 1.74 bits per heavy atom. The van der Waals surface area contributed by atoms with Crippen molar-refractivity contribution in [1.82, 2.24) is 0 Å². The summed E-state index contributed by atoms with van der Waals surface area (Å²) in [6.45, 7) is 3.69. The van der Waals surface area contributed by atoms with Crippen LogP contribution in [0.4, 0.5) is 5.69 Å². The van der Waals surface area contributed by atoms with E-state index in [4.69, 9.17) is 28.9 Å². The normalized spacial score (nSPS) is 10.5. The standard InChI is InChI=1S/C15H13Cl2NO/c1-8-7-12(17)9(2)6-10(8)15(19)14-11(16)4-3-5-13(14)18/h3-7H,18H2,1-2H3. The molecule has 0 saturated carbocycles. The highest BCUT2D eigenvalue weighted by Crippen LogP contribution is 2.28. The molecule has 98 valence electrons. The summed E-state index contributed by atoms with van der Waals surface area (Å²) in [7, 11) is 0. The molecule has 0 bridgehead atoms. The molecule has 2 aromatic rings. The van der Waals surface area contributed by atoms with Gasteiger partial charge in [-0.1, -0.05) is 29.3 Å². The fourth-order valence-electron chi connectivity index (χ4n) is 1.94. The van der Waals surface area contributed by atoms with Crippen molar-refractivity contribution in [3.8, 4) is 0 Å². The molecule has 0 spiro atoms. The van der Waals surface area contributed by atoms with Gasteiger partial charge in [-0.25, -0.2) is 0 Å². The lowest BCUT2D eigenvalue weighted by molar-refractivity contribution is 0.103. The summed E-state index contributed by atoms with van der Waals surface area (Å²) in [5.74, 6) is -0.180. The van der Waals surface area contributed by atoms with Crippen molar-refractivity contribution in [1.29, 1.82) is 0 Å². The first-order valence-electron chi connectivity index (χ1n) is 5.77. The van der Waals surface area contributed by atoms with Crippen LogP contribution in [-0.4, -0.2) is 5.78 Å². The molecule has 0 aliphatic rings. The molecule has 0 unspecified atom stereocenters. The van der Waals surface area contributed by atoms with E-state index in [1.807, 2.05) is 13.8 Å². The molecule has 2 nitrogen and oxygen atoms in total. The SMILES string of the molecule is Cc1cc(C(=O)c2c(N)cccc2Cl)c(C)cc1Cl. The van der Waals surface area contributed by atoms with Crippen LogP contribution in [0.15, 0.2) is 30.3 Å². The first-order chi connectivity index (χ1) is 8.91. The molecule has 0 saturated heterocycles. The van der Waals surface area contributed by atoms with Gasteiger partial charge in [-0.05, 0) is 49.2 Å². The number of aryl methyl sites for hydroxylation is 2. The lowest BCUT2D eigenvalue weighted by Gasteiger charge is -2.11. The van der Waals surface area contributed by atoms with Gasteiger partial charge >= 0.3 is 0 Å². The molecule has 0 aliphatic heterocycles. The quantitative estimate of drug-likeness (QED) is 0.658. The van der Waals surface area contributed by atoms with Gasteiger partial charge in [0.05, 0.1) is 10.6 Å². The van der Waals surface area contributed by atoms with E-state index < -0.39 is 0 Å². The Morgan fingerprint density at radius 3 is 2.37 bits per heavy atom. The second-order valence-corrected chi connectivity index (χ2v) is 5.26. The second kappa shape index (κ2) is 5.24. The zero-order valence-corrected chi connectivity index (χ0v) is 12.1. The number of rotatable bonds is 2. The van der Waals surface area contributed by atoms with Gasteiger partial charge < -0.3 is 5.73 Å². The van der Waals surface area contributed by atoms with Gasteiger partial charge in [0.15, 0.2) is 5.78 Å². The van der Waals surface area contributed by atoms with Crippen LogP contribution in [0.1, 0.15) is 27.0 Å². The van der Waals surface area contributed by atoms with Crippen molar-refractivity contribution in [3.05, 3.63) is 62.6 Å². The fraction of sp³-hybridized carbons (Fsp3) is 0.133. The summed E-state index contributed by atoms with van der Waals surface area (Å²) >= 11 is 12.1. The Hall–Kier alpha value is -1.51. The molecule has 19 heavy (non-hydrogen) atoms. The molecule has 2 N–H and O–H groups in total. The number of hydrogen-bond acceptors (Lipinski definition) is 2. The average Bonchev–Trinajstić information content (AvgIpc) is 2.33. The highest BCUT2D eigenvalue weighted by molar-refractivity contribution is 6.36. The monoisotopic (exact) mass is 293 g/mol. The van der Waals surface area contributed by atoms with Crippen LogP contribution < -0.4 is 5.73 Å².